The van der Waals surface area contributed by atoms with Crippen molar-refractivity contribution in [1.82, 2.24) is 0 Å². The van der Waals surface area contributed by atoms with Gasteiger partial charge in [-0.15, -0.1) is 6.58 Å². The molecule has 0 fully saturated rings. The van der Waals surface area contributed by atoms with Gasteiger partial charge in [0.2, 0.25) is 0 Å². The van der Waals surface area contributed by atoms with Crippen molar-refractivity contribution >= 4 is 0 Å². The molecule has 0 saturated heterocycles. The minimum absolute atomic E-state index is 0.0379. The maximum Gasteiger partial charge on any atom is 0.166 e. The molecule has 0 aromatic carbocycles. The van der Waals surface area contributed by atoms with Crippen LogP contribution in [0.25, 0.3) is 0 Å². The van der Waals surface area contributed by atoms with E-state index < -0.39 is 17.5 Å². The highest BCUT2D eigenvalue weighted by atomic mass is 19.2. The summed E-state index contributed by atoms with van der Waals surface area (Å²) in [6.45, 7) is 30.1. The third kappa shape index (κ3) is 8.66. The van der Waals surface area contributed by atoms with Crippen molar-refractivity contribution in [2.75, 3.05) is 13.2 Å². The monoisotopic (exact) mass is 416 g/mol. The van der Waals surface area contributed by atoms with Gasteiger partial charge < -0.3 is 4.74 Å². The highest BCUT2D eigenvalue weighted by Gasteiger charge is 2.14. The van der Waals surface area contributed by atoms with Crippen LogP contribution in [0.2, 0.25) is 0 Å². The molecule has 0 aromatic heterocycles. The summed E-state index contributed by atoms with van der Waals surface area (Å²) < 4.78 is 48.0. The Morgan fingerprint density at radius 2 is 1.43 bits per heavy atom. The highest BCUT2D eigenvalue weighted by molar-refractivity contribution is 5.53. The molecule has 162 valence electrons. The summed E-state index contributed by atoms with van der Waals surface area (Å²) in [4.78, 5) is 0. The number of ether oxygens (including phenoxy) is 1. The lowest BCUT2D eigenvalue weighted by Gasteiger charge is -2.12. The van der Waals surface area contributed by atoms with Crippen LogP contribution in [-0.4, -0.2) is 13.2 Å². The Morgan fingerprint density at radius 1 is 0.900 bits per heavy atom. The van der Waals surface area contributed by atoms with Gasteiger partial charge in [-0.05, 0) is 41.7 Å². The van der Waals surface area contributed by atoms with Crippen molar-refractivity contribution in [3.63, 3.8) is 0 Å². The largest absolute Gasteiger partial charge is 0.381 e. The first kappa shape index (κ1) is 27.2. The van der Waals surface area contributed by atoms with E-state index in [4.69, 9.17) is 4.74 Å². The maximum atomic E-state index is 14.4. The Morgan fingerprint density at radius 3 is 1.93 bits per heavy atom. The van der Waals surface area contributed by atoms with Gasteiger partial charge in [0.05, 0.1) is 6.61 Å². The molecule has 0 aliphatic heterocycles. The highest BCUT2D eigenvalue weighted by Crippen LogP contribution is 2.28. The number of halogens is 3. The van der Waals surface area contributed by atoms with Gasteiger partial charge in [-0.2, -0.15) is 0 Å². The van der Waals surface area contributed by atoms with E-state index in [-0.39, 0.29) is 40.2 Å². The summed E-state index contributed by atoms with van der Waals surface area (Å²) >= 11 is 0. The van der Waals surface area contributed by atoms with Crippen LogP contribution in [0, 0.1) is 5.92 Å². The first-order valence-electron chi connectivity index (χ1n) is 9.41. The molecule has 1 atom stereocenters. The fraction of sp³-hybridized carbons (Fsp3) is 0.231. The zero-order valence-electron chi connectivity index (χ0n) is 18.0. The molecule has 0 aliphatic rings. The lowest BCUT2D eigenvalue weighted by atomic mass is 9.99. The fourth-order valence-corrected chi connectivity index (χ4v) is 2.04. The smallest absolute Gasteiger partial charge is 0.166 e. The number of hydrogen-bond donors (Lipinski definition) is 0. The third-order valence-electron chi connectivity index (χ3n) is 4.23. The third-order valence-corrected chi connectivity index (χ3v) is 4.23. The molecule has 1 nitrogen and oxygen atoms in total. The van der Waals surface area contributed by atoms with Gasteiger partial charge in [0, 0.05) is 23.7 Å². The van der Waals surface area contributed by atoms with Crippen LogP contribution in [-0.2, 0) is 4.74 Å². The van der Waals surface area contributed by atoms with E-state index in [0.29, 0.717) is 18.8 Å². The number of allylic oxidation sites excluding steroid dienone is 12. The fourth-order valence-electron chi connectivity index (χ4n) is 2.04. The molecule has 0 spiro atoms. The lowest BCUT2D eigenvalue weighted by Crippen LogP contribution is -2.07. The van der Waals surface area contributed by atoms with Crippen LogP contribution in [0.1, 0.15) is 20.3 Å². The number of hydrogen-bond acceptors (Lipinski definition) is 1. The first-order chi connectivity index (χ1) is 14.0. The van der Waals surface area contributed by atoms with Crippen molar-refractivity contribution in [3.8, 4) is 0 Å². The predicted molar refractivity (Wildman–Crippen MR) is 123 cm³/mol. The van der Waals surface area contributed by atoms with Crippen LogP contribution >= 0.6 is 0 Å². The van der Waals surface area contributed by atoms with Crippen LogP contribution in [0.3, 0.4) is 0 Å². The van der Waals surface area contributed by atoms with Gasteiger partial charge in [-0.25, -0.2) is 13.2 Å². The van der Waals surface area contributed by atoms with E-state index in [1.165, 1.54) is 24.3 Å². The molecule has 0 saturated carbocycles. The van der Waals surface area contributed by atoms with Gasteiger partial charge in [0.15, 0.2) is 11.7 Å². The SMILES string of the molecule is C=CCC(=C)/C(F)=C(/F)C(=C)C(=C)/C=C\C(=C)C(=C)/C(F)=C\C(=C)C(C)COCC. The molecule has 0 rings (SSSR count). The van der Waals surface area contributed by atoms with Crippen LogP contribution in [0.5, 0.6) is 0 Å². The van der Waals surface area contributed by atoms with Gasteiger partial charge >= 0.3 is 0 Å². The molecule has 1 unspecified atom stereocenters. The van der Waals surface area contributed by atoms with Gasteiger partial charge in [0.1, 0.15) is 5.83 Å². The van der Waals surface area contributed by atoms with E-state index in [1.54, 1.807) is 0 Å². The quantitative estimate of drug-likeness (QED) is 0.205. The molecular formula is C26H31F3O. The summed E-state index contributed by atoms with van der Waals surface area (Å²) in [6, 6.07) is 0. The van der Waals surface area contributed by atoms with Crippen LogP contribution < -0.4 is 0 Å². The minimum atomic E-state index is -1.16. The summed E-state index contributed by atoms with van der Waals surface area (Å²) in [6.07, 6.45) is 5.56. The molecule has 0 aromatic rings. The van der Waals surface area contributed by atoms with Crippen molar-refractivity contribution in [3.05, 3.63) is 121 Å². The zero-order chi connectivity index (χ0) is 23.4. The van der Waals surface area contributed by atoms with Crippen molar-refractivity contribution in [1.29, 1.82) is 0 Å². The minimum Gasteiger partial charge on any atom is -0.381 e. The lowest BCUT2D eigenvalue weighted by molar-refractivity contribution is 0.127. The predicted octanol–water partition coefficient (Wildman–Crippen LogP) is 8.13. The summed E-state index contributed by atoms with van der Waals surface area (Å²) in [7, 11) is 0. The Bertz CT molecular complexity index is 834. The summed E-state index contributed by atoms with van der Waals surface area (Å²) in [5, 5.41) is 0. The van der Waals surface area contributed by atoms with E-state index >= 15 is 0 Å². The molecule has 30 heavy (non-hydrogen) atoms. The first-order valence-corrected chi connectivity index (χ1v) is 9.41. The van der Waals surface area contributed by atoms with Crippen LogP contribution in [0.4, 0.5) is 13.2 Å². The van der Waals surface area contributed by atoms with Crippen LogP contribution in [0.15, 0.2) is 121 Å². The molecule has 4 heteroatoms. The molecule has 0 amide bonds. The normalized spacial score (nSPS) is 13.4. The Labute approximate surface area is 179 Å². The standard InChI is InChI=1S/C26H31F3O/c1-10-12-19(5)25(28)26(29)23(9)18(4)14-13-17(3)22(8)24(27)15-20(6)21(7)16-30-11-2/h10,13-15,21H,1,3-6,8-9,11-12,16H2,2,7H3/b14-13-,24-15+,26-25-. The average molecular weight is 417 g/mol. The molecule has 0 N–H and O–H groups in total. The van der Waals surface area contributed by atoms with Gasteiger partial charge in [0.25, 0.3) is 0 Å². The number of rotatable bonds is 14. The molecular weight excluding hydrogens is 385 g/mol. The van der Waals surface area contributed by atoms with Crippen molar-refractivity contribution in [2.45, 2.75) is 20.3 Å². The Kier molecular flexibility index (Phi) is 12.1. The van der Waals surface area contributed by atoms with Gasteiger partial charge in [-0.3, -0.25) is 0 Å². The van der Waals surface area contributed by atoms with E-state index in [1.807, 2.05) is 13.8 Å². The second-order valence-corrected chi connectivity index (χ2v) is 6.69. The second kappa shape index (κ2) is 13.4. The van der Waals surface area contributed by atoms with Crippen molar-refractivity contribution < 1.29 is 17.9 Å². The summed E-state index contributed by atoms with van der Waals surface area (Å²) in [5.74, 6) is -2.92. The molecule has 0 bridgehead atoms. The molecule has 0 heterocycles. The van der Waals surface area contributed by atoms with E-state index in [2.05, 4.69) is 46.1 Å². The molecule has 0 radical (unpaired) electrons. The maximum absolute atomic E-state index is 14.4. The Balaban J connectivity index is 5.19. The average Bonchev–Trinajstić information content (AvgIpc) is 2.72. The van der Waals surface area contributed by atoms with E-state index in [9.17, 15) is 13.2 Å². The summed E-state index contributed by atoms with van der Waals surface area (Å²) in [5.41, 5.74) is 0.631. The second-order valence-electron chi connectivity index (χ2n) is 6.69. The topological polar surface area (TPSA) is 9.23 Å². The zero-order valence-corrected chi connectivity index (χ0v) is 18.0. The molecule has 0 aliphatic carbocycles. The Hall–Kier alpha value is -2.85. The van der Waals surface area contributed by atoms with Crippen molar-refractivity contribution in [2.24, 2.45) is 5.92 Å². The van der Waals surface area contributed by atoms with Gasteiger partial charge in [-0.1, -0.05) is 64.6 Å². The van der Waals surface area contributed by atoms with E-state index in [0.717, 1.165) is 0 Å².